The van der Waals surface area contributed by atoms with Gasteiger partial charge in [-0.3, -0.25) is 0 Å². The number of piperazine rings is 1. The molecule has 0 aromatic heterocycles. The van der Waals surface area contributed by atoms with E-state index in [2.05, 4.69) is 11.4 Å². The molecule has 0 aliphatic carbocycles. The molecule has 1 N–H and O–H groups in total. The Hall–Kier alpha value is -1.09. The third-order valence-corrected chi connectivity index (χ3v) is 3.40. The van der Waals surface area contributed by atoms with E-state index >= 15 is 0 Å². The molecule has 2 nitrogen and oxygen atoms in total. The van der Waals surface area contributed by atoms with Gasteiger partial charge in [0.15, 0.2) is 6.30 Å². The second-order valence-electron chi connectivity index (χ2n) is 4.32. The predicted molar refractivity (Wildman–Crippen MR) is 58.8 cm³/mol. The van der Waals surface area contributed by atoms with Gasteiger partial charge in [-0.2, -0.15) is 0 Å². The fraction of sp³-hybridized carbons (Fsp3) is 0.500. The zero-order valence-corrected chi connectivity index (χ0v) is 8.62. The van der Waals surface area contributed by atoms with Crippen LogP contribution in [-0.2, 0) is 6.42 Å². The summed E-state index contributed by atoms with van der Waals surface area (Å²) in [5.41, 5.74) is 2.39. The first kappa shape index (κ1) is 9.16. The van der Waals surface area contributed by atoms with Crippen molar-refractivity contribution in [2.24, 2.45) is 0 Å². The molecule has 2 aliphatic heterocycles. The maximum Gasteiger partial charge on any atom is 0.185 e. The molecule has 3 rings (SSSR count). The lowest BCUT2D eigenvalue weighted by Crippen LogP contribution is -2.57. The molecule has 3 heteroatoms. The summed E-state index contributed by atoms with van der Waals surface area (Å²) in [5, 5.41) is 3.15. The Morgan fingerprint density at radius 1 is 1.27 bits per heavy atom. The highest BCUT2D eigenvalue weighted by molar-refractivity contribution is 5.57. The van der Waals surface area contributed by atoms with E-state index in [1.54, 1.807) is 0 Å². The van der Waals surface area contributed by atoms with Crippen LogP contribution in [0.5, 0.6) is 0 Å². The van der Waals surface area contributed by atoms with Crippen molar-refractivity contribution in [3.05, 3.63) is 29.8 Å². The quantitative estimate of drug-likeness (QED) is 0.650. The summed E-state index contributed by atoms with van der Waals surface area (Å²) in [6.45, 7) is 1.36. The summed E-state index contributed by atoms with van der Waals surface area (Å²) < 4.78 is 13.9. The lowest BCUT2D eigenvalue weighted by Gasteiger charge is -2.44. The molecule has 0 amide bonds. The first-order chi connectivity index (χ1) is 7.36. The average Bonchev–Trinajstić information content (AvgIpc) is 2.29. The van der Waals surface area contributed by atoms with Crippen LogP contribution in [0, 0.1) is 0 Å². The van der Waals surface area contributed by atoms with E-state index < -0.39 is 6.30 Å². The van der Waals surface area contributed by atoms with Gasteiger partial charge in [-0.05, 0) is 24.5 Å². The van der Waals surface area contributed by atoms with E-state index in [0.29, 0.717) is 12.6 Å². The van der Waals surface area contributed by atoms with Crippen LogP contribution in [0.15, 0.2) is 24.3 Å². The highest BCUT2D eigenvalue weighted by Crippen LogP contribution is 2.33. The summed E-state index contributed by atoms with van der Waals surface area (Å²) in [4.78, 5) is 1.95. The lowest BCUT2D eigenvalue weighted by molar-refractivity contribution is 0.238. The molecule has 2 heterocycles. The van der Waals surface area contributed by atoms with Gasteiger partial charge < -0.3 is 10.2 Å². The first-order valence-corrected chi connectivity index (χ1v) is 5.57. The van der Waals surface area contributed by atoms with Crippen LogP contribution in [0.25, 0.3) is 0 Å². The number of fused-ring (bicyclic) bond motifs is 3. The maximum atomic E-state index is 13.9. The molecule has 1 saturated heterocycles. The van der Waals surface area contributed by atoms with Crippen LogP contribution in [0.2, 0.25) is 0 Å². The minimum absolute atomic E-state index is 0.337. The molecule has 0 bridgehead atoms. The van der Waals surface area contributed by atoms with E-state index in [1.807, 2.05) is 23.1 Å². The van der Waals surface area contributed by atoms with Gasteiger partial charge in [0.05, 0.1) is 0 Å². The second-order valence-corrected chi connectivity index (χ2v) is 4.32. The molecular formula is C12H15FN2. The predicted octanol–water partition coefficient (Wildman–Crippen LogP) is 1.71. The van der Waals surface area contributed by atoms with Crippen LogP contribution in [0.1, 0.15) is 12.0 Å². The van der Waals surface area contributed by atoms with Gasteiger partial charge in [0, 0.05) is 24.8 Å². The molecule has 0 spiro atoms. The van der Waals surface area contributed by atoms with Crippen molar-refractivity contribution >= 4 is 5.69 Å². The average molecular weight is 206 g/mol. The zero-order chi connectivity index (χ0) is 10.3. The Kier molecular flexibility index (Phi) is 2.13. The molecule has 2 atom stereocenters. The summed E-state index contributed by atoms with van der Waals surface area (Å²) >= 11 is 0. The minimum Gasteiger partial charge on any atom is -0.336 e. The summed E-state index contributed by atoms with van der Waals surface area (Å²) in [6, 6.07) is 8.52. The van der Waals surface area contributed by atoms with Gasteiger partial charge in [0.2, 0.25) is 0 Å². The molecule has 2 aliphatic rings. The highest BCUT2D eigenvalue weighted by Gasteiger charge is 2.34. The minimum atomic E-state index is -0.870. The summed E-state index contributed by atoms with van der Waals surface area (Å²) in [6.07, 6.45) is 1.26. The van der Waals surface area contributed by atoms with Crippen molar-refractivity contribution in [1.29, 1.82) is 0 Å². The monoisotopic (exact) mass is 206 g/mol. The first-order valence-electron chi connectivity index (χ1n) is 5.57. The van der Waals surface area contributed by atoms with Crippen LogP contribution in [-0.4, -0.2) is 25.4 Å². The zero-order valence-electron chi connectivity index (χ0n) is 8.62. The van der Waals surface area contributed by atoms with Gasteiger partial charge in [-0.25, -0.2) is 4.39 Å². The van der Waals surface area contributed by atoms with E-state index in [-0.39, 0.29) is 0 Å². The second kappa shape index (κ2) is 3.49. The molecule has 0 saturated carbocycles. The normalized spacial score (nSPS) is 29.5. The number of aryl methyl sites for hydroxylation is 1. The number of benzene rings is 1. The van der Waals surface area contributed by atoms with Crippen molar-refractivity contribution in [3.8, 4) is 0 Å². The van der Waals surface area contributed by atoms with Crippen molar-refractivity contribution in [3.63, 3.8) is 0 Å². The number of alkyl halides is 1. The lowest BCUT2D eigenvalue weighted by atomic mass is 9.94. The molecule has 0 radical (unpaired) electrons. The van der Waals surface area contributed by atoms with E-state index in [1.165, 1.54) is 5.56 Å². The Morgan fingerprint density at radius 3 is 3.07 bits per heavy atom. The van der Waals surface area contributed by atoms with Crippen LogP contribution in [0.4, 0.5) is 10.1 Å². The van der Waals surface area contributed by atoms with E-state index in [4.69, 9.17) is 0 Å². The largest absolute Gasteiger partial charge is 0.336 e. The summed E-state index contributed by atoms with van der Waals surface area (Å²) in [7, 11) is 0. The number of para-hydroxylation sites is 1. The fourth-order valence-corrected chi connectivity index (χ4v) is 2.68. The smallest absolute Gasteiger partial charge is 0.185 e. The number of halogens is 1. The Morgan fingerprint density at radius 2 is 2.13 bits per heavy atom. The number of anilines is 1. The Balaban J connectivity index is 2.02. The van der Waals surface area contributed by atoms with Gasteiger partial charge in [-0.15, -0.1) is 0 Å². The summed E-state index contributed by atoms with van der Waals surface area (Å²) in [5.74, 6) is 0. The van der Waals surface area contributed by atoms with Gasteiger partial charge in [0.1, 0.15) is 0 Å². The molecule has 1 aromatic carbocycles. The number of nitrogens with one attached hydrogen (secondary N) is 1. The van der Waals surface area contributed by atoms with Crippen LogP contribution >= 0.6 is 0 Å². The highest BCUT2D eigenvalue weighted by atomic mass is 19.1. The van der Waals surface area contributed by atoms with Crippen LogP contribution in [0.3, 0.4) is 0 Å². The maximum absolute atomic E-state index is 13.9. The van der Waals surface area contributed by atoms with Gasteiger partial charge in [-0.1, -0.05) is 18.2 Å². The Bertz CT molecular complexity index is 366. The molecule has 1 aromatic rings. The van der Waals surface area contributed by atoms with Crippen molar-refractivity contribution in [1.82, 2.24) is 5.32 Å². The molecule has 2 unspecified atom stereocenters. The topological polar surface area (TPSA) is 15.3 Å². The number of hydrogen-bond acceptors (Lipinski definition) is 2. The van der Waals surface area contributed by atoms with Gasteiger partial charge in [0.25, 0.3) is 0 Å². The van der Waals surface area contributed by atoms with Crippen LogP contribution < -0.4 is 10.2 Å². The van der Waals surface area contributed by atoms with Crippen molar-refractivity contribution in [2.75, 3.05) is 18.0 Å². The molecule has 15 heavy (non-hydrogen) atoms. The number of hydrogen-bond donors (Lipinski definition) is 1. The van der Waals surface area contributed by atoms with Crippen molar-refractivity contribution in [2.45, 2.75) is 25.2 Å². The SMILES string of the molecule is FC1CNCC2CCc3ccccc3N12. The third-order valence-electron chi connectivity index (χ3n) is 3.40. The molecule has 1 fully saturated rings. The number of rotatable bonds is 0. The molecular weight excluding hydrogens is 191 g/mol. The third kappa shape index (κ3) is 1.42. The van der Waals surface area contributed by atoms with Gasteiger partial charge >= 0.3 is 0 Å². The molecule has 80 valence electrons. The standard InChI is InChI=1S/C12H15FN2/c13-12-8-14-7-10-6-5-9-3-1-2-4-11(9)15(10)12/h1-4,10,12,14H,5-8H2. The van der Waals surface area contributed by atoms with E-state index in [9.17, 15) is 4.39 Å². The van der Waals surface area contributed by atoms with Crippen molar-refractivity contribution < 1.29 is 4.39 Å². The van der Waals surface area contributed by atoms with E-state index in [0.717, 1.165) is 25.1 Å². The number of nitrogens with zero attached hydrogens (tertiary/aromatic N) is 1. The Labute approximate surface area is 89.1 Å². The fourth-order valence-electron chi connectivity index (χ4n) is 2.68.